The predicted molar refractivity (Wildman–Crippen MR) is 155 cm³/mol. The minimum Gasteiger partial charge on any atom is -0.468 e. The molecule has 10 heteroatoms. The van der Waals surface area contributed by atoms with Gasteiger partial charge >= 0.3 is 11.9 Å². The molecule has 2 unspecified atom stereocenters. The molecule has 1 fully saturated rings. The van der Waals surface area contributed by atoms with Gasteiger partial charge in [0, 0.05) is 50.4 Å². The first kappa shape index (κ1) is 33.2. The molecular formula is C32H46N2O8. The number of esters is 2. The van der Waals surface area contributed by atoms with Gasteiger partial charge in [-0.1, -0.05) is 41.5 Å². The van der Waals surface area contributed by atoms with Crippen molar-refractivity contribution < 1.29 is 38.2 Å². The molecule has 1 aliphatic heterocycles. The third-order valence-electron chi connectivity index (χ3n) is 8.83. The summed E-state index contributed by atoms with van der Waals surface area (Å²) in [5.41, 5.74) is -0.0357. The summed E-state index contributed by atoms with van der Waals surface area (Å²) in [6.45, 7) is 12.9. The number of ketones is 4. The van der Waals surface area contributed by atoms with Crippen molar-refractivity contribution in [3.63, 3.8) is 0 Å². The maximum Gasteiger partial charge on any atom is 0.317 e. The topological polar surface area (TPSA) is 127 Å². The molecule has 232 valence electrons. The Hall–Kier alpha value is -3.30. The highest BCUT2D eigenvalue weighted by atomic mass is 16.5. The van der Waals surface area contributed by atoms with Gasteiger partial charge in [-0.3, -0.25) is 28.8 Å². The second-order valence-electron chi connectivity index (χ2n) is 12.9. The Morgan fingerprint density at radius 2 is 0.976 bits per heavy atom. The lowest BCUT2D eigenvalue weighted by molar-refractivity contribution is -0.156. The van der Waals surface area contributed by atoms with Gasteiger partial charge in [0.15, 0.2) is 23.1 Å². The van der Waals surface area contributed by atoms with Gasteiger partial charge in [-0.05, 0) is 36.5 Å². The molecule has 1 heterocycles. The molecule has 2 aliphatic carbocycles. The van der Waals surface area contributed by atoms with Crippen LogP contribution < -0.4 is 0 Å². The Morgan fingerprint density at radius 3 is 1.24 bits per heavy atom. The van der Waals surface area contributed by atoms with E-state index in [4.69, 9.17) is 9.47 Å². The summed E-state index contributed by atoms with van der Waals surface area (Å²) < 4.78 is 9.89. The van der Waals surface area contributed by atoms with Gasteiger partial charge in [-0.15, -0.1) is 0 Å². The molecular weight excluding hydrogens is 540 g/mol. The van der Waals surface area contributed by atoms with Crippen LogP contribution in [0.1, 0.15) is 80.1 Å². The normalized spacial score (nSPS) is 24.1. The van der Waals surface area contributed by atoms with E-state index in [1.54, 1.807) is 0 Å². The van der Waals surface area contributed by atoms with E-state index in [2.05, 4.69) is 0 Å². The van der Waals surface area contributed by atoms with Crippen molar-refractivity contribution in [2.45, 2.75) is 80.1 Å². The monoisotopic (exact) mass is 586 g/mol. The van der Waals surface area contributed by atoms with Crippen molar-refractivity contribution in [2.75, 3.05) is 40.4 Å². The highest BCUT2D eigenvalue weighted by molar-refractivity contribution is 6.26. The van der Waals surface area contributed by atoms with E-state index >= 15 is 0 Å². The Morgan fingerprint density at radius 1 is 0.667 bits per heavy atom. The number of allylic oxidation sites excluding steroid dienone is 4. The number of Topliss-reactive ketones (excluding diaryl/α,β-unsaturated/α-hetero) is 4. The molecule has 0 saturated carbocycles. The largest absolute Gasteiger partial charge is 0.468 e. The number of rotatable bonds is 10. The van der Waals surface area contributed by atoms with Crippen LogP contribution in [0, 0.1) is 22.7 Å². The average molecular weight is 587 g/mol. The van der Waals surface area contributed by atoms with Crippen molar-refractivity contribution in [1.82, 2.24) is 9.80 Å². The number of piperazine rings is 1. The Labute approximate surface area is 248 Å². The zero-order chi connectivity index (χ0) is 31.6. The van der Waals surface area contributed by atoms with Crippen LogP contribution in [0.25, 0.3) is 0 Å². The zero-order valence-electron chi connectivity index (χ0n) is 26.4. The van der Waals surface area contributed by atoms with Gasteiger partial charge < -0.3 is 19.3 Å². The second-order valence-corrected chi connectivity index (χ2v) is 12.9. The number of ether oxygens (including phenoxy) is 2. The first-order valence-electron chi connectivity index (χ1n) is 14.9. The highest BCUT2D eigenvalue weighted by Gasteiger charge is 2.52. The molecule has 42 heavy (non-hydrogen) atoms. The maximum absolute atomic E-state index is 13.7. The summed E-state index contributed by atoms with van der Waals surface area (Å²) in [5, 5.41) is 0. The van der Waals surface area contributed by atoms with Crippen LogP contribution in [0.2, 0.25) is 0 Å². The fourth-order valence-corrected chi connectivity index (χ4v) is 6.70. The summed E-state index contributed by atoms with van der Waals surface area (Å²) in [4.78, 5) is 83.2. The molecule has 0 N–H and O–H groups in total. The number of methoxy groups -OCH3 is 2. The molecule has 0 aromatic carbocycles. The SMILES string of the molecule is CCCC(=O)C1=C(N2CCN(C3=C(C(=O)CCC)C(=O)C(C(=O)OC)C(C)(C)C3)CC2)CC(C)(C)C(C(=O)OC)C1=O. The first-order valence-corrected chi connectivity index (χ1v) is 14.9. The first-order chi connectivity index (χ1) is 19.7. The van der Waals surface area contributed by atoms with Crippen LogP contribution in [-0.4, -0.2) is 85.3 Å². The molecule has 3 aliphatic rings. The summed E-state index contributed by atoms with van der Waals surface area (Å²) >= 11 is 0. The number of carbonyl (C=O) groups is 6. The third kappa shape index (κ3) is 6.22. The van der Waals surface area contributed by atoms with Crippen molar-refractivity contribution in [3.8, 4) is 0 Å². The minimum atomic E-state index is -1.06. The fraction of sp³-hybridized carbons (Fsp3) is 0.688. The van der Waals surface area contributed by atoms with E-state index in [9.17, 15) is 28.8 Å². The van der Waals surface area contributed by atoms with Gasteiger partial charge in [-0.25, -0.2) is 0 Å². The van der Waals surface area contributed by atoms with Gasteiger partial charge in [0.05, 0.1) is 25.4 Å². The quantitative estimate of drug-likeness (QED) is 0.213. The number of hydrogen-bond donors (Lipinski definition) is 0. The van der Waals surface area contributed by atoms with Crippen molar-refractivity contribution in [2.24, 2.45) is 22.7 Å². The van der Waals surface area contributed by atoms with Crippen LogP contribution >= 0.6 is 0 Å². The lowest BCUT2D eigenvalue weighted by Gasteiger charge is -2.47. The van der Waals surface area contributed by atoms with Gasteiger partial charge in [0.1, 0.15) is 11.8 Å². The van der Waals surface area contributed by atoms with Crippen LogP contribution in [0.15, 0.2) is 22.5 Å². The van der Waals surface area contributed by atoms with E-state index in [1.807, 2.05) is 51.3 Å². The molecule has 2 atom stereocenters. The molecule has 3 rings (SSSR count). The zero-order valence-corrected chi connectivity index (χ0v) is 26.4. The lowest BCUT2D eigenvalue weighted by atomic mass is 9.66. The Kier molecular flexibility index (Phi) is 10.2. The molecule has 0 radical (unpaired) electrons. The van der Waals surface area contributed by atoms with Crippen molar-refractivity contribution in [1.29, 1.82) is 0 Å². The van der Waals surface area contributed by atoms with Crippen LogP contribution in [0.4, 0.5) is 0 Å². The maximum atomic E-state index is 13.7. The van der Waals surface area contributed by atoms with E-state index in [-0.39, 0.29) is 35.6 Å². The van der Waals surface area contributed by atoms with Crippen LogP contribution in [0.3, 0.4) is 0 Å². The molecule has 0 bridgehead atoms. The van der Waals surface area contributed by atoms with Gasteiger partial charge in [0.2, 0.25) is 0 Å². The molecule has 0 aromatic heterocycles. The van der Waals surface area contributed by atoms with Crippen LogP contribution in [-0.2, 0) is 38.2 Å². The summed E-state index contributed by atoms with van der Waals surface area (Å²) in [7, 11) is 2.49. The van der Waals surface area contributed by atoms with Crippen molar-refractivity contribution >= 4 is 35.1 Å². The van der Waals surface area contributed by atoms with Gasteiger partial charge in [-0.2, -0.15) is 0 Å². The number of carbonyl (C=O) groups excluding carboxylic acids is 6. The number of hydrogen-bond acceptors (Lipinski definition) is 10. The Balaban J connectivity index is 2.00. The van der Waals surface area contributed by atoms with E-state index in [0.717, 1.165) is 0 Å². The standard InChI is InChI=1S/C32H46N2O8/c1-9-11-21(35)23-19(17-31(3,4)25(27(23)37)29(39)41-7)33-13-15-34(16-14-33)20-18-32(5,6)26(30(40)42-8)28(38)24(20)22(36)12-10-2/h25-26H,9-18H2,1-8H3. The number of nitrogens with zero attached hydrogens (tertiary/aromatic N) is 2. The lowest BCUT2D eigenvalue weighted by Crippen LogP contribution is -2.53. The minimum absolute atomic E-state index is 0.0907. The summed E-state index contributed by atoms with van der Waals surface area (Å²) in [6.07, 6.45) is 2.27. The molecule has 0 amide bonds. The van der Waals surface area contributed by atoms with Gasteiger partial charge in [0.25, 0.3) is 0 Å². The smallest absolute Gasteiger partial charge is 0.317 e. The molecule has 0 aromatic rings. The molecule has 1 saturated heterocycles. The van der Waals surface area contributed by atoms with Crippen molar-refractivity contribution in [3.05, 3.63) is 22.5 Å². The molecule has 10 nitrogen and oxygen atoms in total. The highest BCUT2D eigenvalue weighted by Crippen LogP contribution is 2.46. The van der Waals surface area contributed by atoms with Crippen LogP contribution in [0.5, 0.6) is 0 Å². The van der Waals surface area contributed by atoms with E-state index in [1.165, 1.54) is 14.2 Å². The Bertz CT molecular complexity index is 1120. The summed E-state index contributed by atoms with van der Waals surface area (Å²) in [5.74, 6) is -4.91. The molecule has 0 spiro atoms. The fourth-order valence-electron chi connectivity index (χ4n) is 6.70. The predicted octanol–water partition coefficient (Wildman–Crippen LogP) is 3.43. The van der Waals surface area contributed by atoms with E-state index in [0.29, 0.717) is 63.3 Å². The second kappa shape index (κ2) is 12.9. The van der Waals surface area contributed by atoms with E-state index < -0.39 is 46.2 Å². The summed E-state index contributed by atoms with van der Waals surface area (Å²) in [6, 6.07) is 0. The average Bonchev–Trinajstić information content (AvgIpc) is 2.91. The third-order valence-corrected chi connectivity index (χ3v) is 8.83.